The zero-order chi connectivity index (χ0) is 17.1. The molecule has 2 N–H and O–H groups in total. The SMILES string of the molecule is CCC(NC(=O)N1CCC(O)(C(F)(F)F)CC1)c1ccncc1. The molecular formula is C15H20F3N3O2. The lowest BCUT2D eigenvalue weighted by atomic mass is 9.91. The van der Waals surface area contributed by atoms with Gasteiger partial charge in [0, 0.05) is 38.3 Å². The largest absolute Gasteiger partial charge is 0.417 e. The van der Waals surface area contributed by atoms with Gasteiger partial charge in [-0.25, -0.2) is 4.79 Å². The smallest absolute Gasteiger partial charge is 0.380 e. The molecule has 8 heteroatoms. The fourth-order valence-corrected chi connectivity index (χ4v) is 2.62. The van der Waals surface area contributed by atoms with Crippen molar-refractivity contribution >= 4 is 6.03 Å². The molecule has 2 rings (SSSR count). The summed E-state index contributed by atoms with van der Waals surface area (Å²) in [5.74, 6) is 0. The van der Waals surface area contributed by atoms with Crippen LogP contribution in [-0.4, -0.2) is 45.9 Å². The van der Waals surface area contributed by atoms with Crippen LogP contribution in [0.4, 0.5) is 18.0 Å². The van der Waals surface area contributed by atoms with Crippen molar-refractivity contribution in [3.63, 3.8) is 0 Å². The third-order valence-corrected chi connectivity index (χ3v) is 4.22. The summed E-state index contributed by atoms with van der Waals surface area (Å²) in [4.78, 5) is 17.5. The summed E-state index contributed by atoms with van der Waals surface area (Å²) in [6.07, 6.45) is -1.79. The van der Waals surface area contributed by atoms with Gasteiger partial charge in [-0.3, -0.25) is 4.98 Å². The summed E-state index contributed by atoms with van der Waals surface area (Å²) in [7, 11) is 0. The van der Waals surface area contributed by atoms with Crippen LogP contribution in [0, 0.1) is 0 Å². The molecule has 5 nitrogen and oxygen atoms in total. The van der Waals surface area contributed by atoms with Crippen LogP contribution in [0.2, 0.25) is 0 Å². The molecule has 0 radical (unpaired) electrons. The van der Waals surface area contributed by atoms with E-state index in [2.05, 4.69) is 10.3 Å². The molecule has 1 fully saturated rings. The Hall–Kier alpha value is -1.83. The minimum absolute atomic E-state index is 0.130. The van der Waals surface area contributed by atoms with Gasteiger partial charge in [0.1, 0.15) is 0 Å². The Bertz CT molecular complexity index is 529. The number of halogens is 3. The number of alkyl halides is 3. The van der Waals surface area contributed by atoms with Crippen LogP contribution >= 0.6 is 0 Å². The molecule has 1 aromatic heterocycles. The van der Waals surface area contributed by atoms with E-state index < -0.39 is 30.7 Å². The third-order valence-electron chi connectivity index (χ3n) is 4.22. The molecule has 1 aromatic rings. The van der Waals surface area contributed by atoms with E-state index >= 15 is 0 Å². The Balaban J connectivity index is 1.95. The Morgan fingerprint density at radius 1 is 1.39 bits per heavy atom. The van der Waals surface area contributed by atoms with Gasteiger partial charge in [0.2, 0.25) is 0 Å². The molecular weight excluding hydrogens is 311 g/mol. The van der Waals surface area contributed by atoms with E-state index in [-0.39, 0.29) is 19.1 Å². The lowest BCUT2D eigenvalue weighted by Gasteiger charge is -2.39. The van der Waals surface area contributed by atoms with Gasteiger partial charge < -0.3 is 15.3 Å². The third kappa shape index (κ3) is 3.93. The van der Waals surface area contributed by atoms with Crippen LogP contribution in [0.3, 0.4) is 0 Å². The Morgan fingerprint density at radius 2 is 1.96 bits per heavy atom. The molecule has 0 spiro atoms. The topological polar surface area (TPSA) is 65.5 Å². The number of likely N-dealkylation sites (tertiary alicyclic amines) is 1. The van der Waals surface area contributed by atoms with Crippen LogP contribution in [0.5, 0.6) is 0 Å². The maximum atomic E-state index is 12.8. The van der Waals surface area contributed by atoms with Crippen LogP contribution < -0.4 is 5.32 Å². The maximum Gasteiger partial charge on any atom is 0.417 e. The number of piperidine rings is 1. The number of hydrogen-bond donors (Lipinski definition) is 2. The quantitative estimate of drug-likeness (QED) is 0.895. The van der Waals surface area contributed by atoms with Crippen LogP contribution in [0.15, 0.2) is 24.5 Å². The first-order valence-corrected chi connectivity index (χ1v) is 7.51. The van der Waals surface area contributed by atoms with Crippen molar-refractivity contribution in [2.45, 2.75) is 44.0 Å². The van der Waals surface area contributed by atoms with Gasteiger partial charge in [0.25, 0.3) is 0 Å². The molecule has 1 unspecified atom stereocenters. The number of amides is 2. The van der Waals surface area contributed by atoms with Crippen molar-refractivity contribution in [2.75, 3.05) is 13.1 Å². The van der Waals surface area contributed by atoms with Gasteiger partial charge in [-0.1, -0.05) is 6.92 Å². The fourth-order valence-electron chi connectivity index (χ4n) is 2.62. The highest BCUT2D eigenvalue weighted by atomic mass is 19.4. The minimum Gasteiger partial charge on any atom is -0.380 e. The molecule has 128 valence electrons. The first-order valence-electron chi connectivity index (χ1n) is 7.51. The van der Waals surface area contributed by atoms with Crippen molar-refractivity contribution in [3.8, 4) is 0 Å². The standard InChI is InChI=1S/C15H20F3N3O2/c1-2-12(11-3-7-19-8-4-11)20-13(22)21-9-5-14(23,6-10-21)15(16,17)18/h3-4,7-8,12,23H,2,5-6,9-10H2,1H3,(H,20,22). The number of carbonyl (C=O) groups excluding carboxylic acids is 1. The highest BCUT2D eigenvalue weighted by molar-refractivity contribution is 5.74. The van der Waals surface area contributed by atoms with Crippen LogP contribution in [0.25, 0.3) is 0 Å². The molecule has 2 heterocycles. The number of rotatable bonds is 3. The van der Waals surface area contributed by atoms with E-state index in [1.165, 1.54) is 4.90 Å². The van der Waals surface area contributed by atoms with E-state index in [0.29, 0.717) is 6.42 Å². The molecule has 1 saturated heterocycles. The van der Waals surface area contributed by atoms with Gasteiger partial charge in [0.15, 0.2) is 5.60 Å². The second kappa shape index (κ2) is 6.74. The molecule has 0 aromatic carbocycles. The van der Waals surface area contributed by atoms with Gasteiger partial charge >= 0.3 is 12.2 Å². The first-order chi connectivity index (χ1) is 10.8. The molecule has 0 aliphatic carbocycles. The molecule has 1 aliphatic heterocycles. The first kappa shape index (κ1) is 17.5. The molecule has 1 aliphatic rings. The summed E-state index contributed by atoms with van der Waals surface area (Å²) in [5, 5.41) is 12.4. The number of carbonyl (C=O) groups is 1. The Morgan fingerprint density at radius 3 is 2.43 bits per heavy atom. The Labute approximate surface area is 132 Å². The minimum atomic E-state index is -4.67. The average molecular weight is 331 g/mol. The summed E-state index contributed by atoms with van der Waals surface area (Å²) in [5.41, 5.74) is -1.81. The summed E-state index contributed by atoms with van der Waals surface area (Å²) >= 11 is 0. The molecule has 0 bridgehead atoms. The van der Waals surface area contributed by atoms with Crippen molar-refractivity contribution in [1.29, 1.82) is 0 Å². The number of aromatic nitrogens is 1. The van der Waals surface area contributed by atoms with Crippen molar-refractivity contribution < 1.29 is 23.1 Å². The number of nitrogens with zero attached hydrogens (tertiary/aromatic N) is 2. The average Bonchev–Trinajstić information content (AvgIpc) is 2.53. The lowest BCUT2D eigenvalue weighted by Crippen LogP contribution is -2.56. The number of pyridine rings is 1. The van der Waals surface area contributed by atoms with Crippen molar-refractivity contribution in [2.24, 2.45) is 0 Å². The molecule has 2 amide bonds. The molecule has 1 atom stereocenters. The number of aliphatic hydroxyl groups is 1. The van der Waals surface area contributed by atoms with Gasteiger partial charge in [0.05, 0.1) is 6.04 Å². The summed E-state index contributed by atoms with van der Waals surface area (Å²) in [6, 6.07) is 2.92. The zero-order valence-electron chi connectivity index (χ0n) is 12.8. The fraction of sp³-hybridized carbons (Fsp3) is 0.600. The lowest BCUT2D eigenvalue weighted by molar-refractivity contribution is -0.271. The second-order valence-corrected chi connectivity index (χ2v) is 5.71. The normalized spacial score (nSPS) is 19.3. The van der Waals surface area contributed by atoms with Crippen LogP contribution in [-0.2, 0) is 0 Å². The predicted molar refractivity (Wildman–Crippen MR) is 77.6 cm³/mol. The van der Waals surface area contributed by atoms with Crippen molar-refractivity contribution in [1.82, 2.24) is 15.2 Å². The highest BCUT2D eigenvalue weighted by Gasteiger charge is 2.54. The zero-order valence-corrected chi connectivity index (χ0v) is 12.8. The molecule has 23 heavy (non-hydrogen) atoms. The summed E-state index contributed by atoms with van der Waals surface area (Å²) in [6.45, 7) is 1.65. The van der Waals surface area contributed by atoms with Gasteiger partial charge in [-0.15, -0.1) is 0 Å². The summed E-state index contributed by atoms with van der Waals surface area (Å²) < 4.78 is 38.3. The van der Waals surface area contributed by atoms with E-state index in [9.17, 15) is 23.1 Å². The van der Waals surface area contributed by atoms with E-state index in [1.807, 2.05) is 6.92 Å². The predicted octanol–water partition coefficient (Wildman–Crippen LogP) is 2.63. The second-order valence-electron chi connectivity index (χ2n) is 5.71. The Kier molecular flexibility index (Phi) is 5.13. The number of urea groups is 1. The van der Waals surface area contributed by atoms with E-state index in [0.717, 1.165) is 5.56 Å². The van der Waals surface area contributed by atoms with Gasteiger partial charge in [-0.2, -0.15) is 13.2 Å². The van der Waals surface area contributed by atoms with Crippen molar-refractivity contribution in [3.05, 3.63) is 30.1 Å². The van der Waals surface area contributed by atoms with E-state index in [4.69, 9.17) is 0 Å². The maximum absolute atomic E-state index is 12.8. The number of nitrogens with one attached hydrogen (secondary N) is 1. The van der Waals surface area contributed by atoms with E-state index in [1.54, 1.807) is 24.5 Å². The van der Waals surface area contributed by atoms with Gasteiger partial charge in [-0.05, 0) is 24.1 Å². The monoisotopic (exact) mass is 331 g/mol. The highest BCUT2D eigenvalue weighted by Crippen LogP contribution is 2.38. The van der Waals surface area contributed by atoms with Crippen LogP contribution in [0.1, 0.15) is 37.8 Å². The number of hydrogen-bond acceptors (Lipinski definition) is 3. The molecule has 0 saturated carbocycles.